The first-order valence-corrected chi connectivity index (χ1v) is 7.69. The molecule has 0 heterocycles. The Morgan fingerprint density at radius 3 is 2.67 bits per heavy atom. The molecule has 0 amide bonds. The lowest BCUT2D eigenvalue weighted by Crippen LogP contribution is -2.31. The molecular weight excluding hydrogens is 218 g/mol. The Morgan fingerprint density at radius 2 is 1.83 bits per heavy atom. The molecule has 4 rings (SSSR count). The highest BCUT2D eigenvalue weighted by atomic mass is 14.8. The van der Waals surface area contributed by atoms with E-state index in [-0.39, 0.29) is 0 Å². The van der Waals surface area contributed by atoms with E-state index >= 15 is 0 Å². The van der Waals surface area contributed by atoms with E-state index in [0.717, 1.165) is 23.7 Å². The Morgan fingerprint density at radius 1 is 1.06 bits per heavy atom. The number of nitrogens with two attached hydrogens (primary N) is 1. The van der Waals surface area contributed by atoms with Crippen molar-refractivity contribution < 1.29 is 0 Å². The zero-order chi connectivity index (χ0) is 12.1. The number of hydrogen-bond acceptors (Lipinski definition) is 1. The van der Waals surface area contributed by atoms with E-state index in [4.69, 9.17) is 5.73 Å². The standard InChI is InChI=1S/C17H23N/c18-17(12-6-1-2-7-12)16-14-10-9-11-5-3-4-8-13(11)15(14)16/h3-5,8,12,14-17H,1-2,6-7,9-10,18H2. The van der Waals surface area contributed by atoms with Gasteiger partial charge in [0.15, 0.2) is 0 Å². The van der Waals surface area contributed by atoms with Gasteiger partial charge in [-0.2, -0.15) is 0 Å². The summed E-state index contributed by atoms with van der Waals surface area (Å²) in [6.07, 6.45) is 8.27. The minimum Gasteiger partial charge on any atom is -0.327 e. The molecule has 3 aliphatic rings. The molecule has 0 aliphatic heterocycles. The first-order valence-electron chi connectivity index (χ1n) is 7.69. The minimum atomic E-state index is 0.480. The lowest BCUT2D eigenvalue weighted by Gasteiger charge is -2.19. The van der Waals surface area contributed by atoms with Crippen molar-refractivity contribution in [2.45, 2.75) is 50.5 Å². The molecule has 0 spiro atoms. The average Bonchev–Trinajstić information content (AvgIpc) is 2.89. The van der Waals surface area contributed by atoms with E-state index in [1.807, 2.05) is 0 Å². The normalized spacial score (nSPS) is 35.9. The Labute approximate surface area is 110 Å². The summed E-state index contributed by atoms with van der Waals surface area (Å²) in [5, 5.41) is 0. The summed E-state index contributed by atoms with van der Waals surface area (Å²) in [6.45, 7) is 0. The van der Waals surface area contributed by atoms with Crippen LogP contribution in [0.25, 0.3) is 0 Å². The molecule has 1 nitrogen and oxygen atoms in total. The monoisotopic (exact) mass is 241 g/mol. The summed E-state index contributed by atoms with van der Waals surface area (Å²) < 4.78 is 0. The summed E-state index contributed by atoms with van der Waals surface area (Å²) in [6, 6.07) is 9.55. The maximum atomic E-state index is 6.60. The molecule has 0 radical (unpaired) electrons. The highest BCUT2D eigenvalue weighted by Gasteiger charge is 2.56. The Balaban J connectivity index is 1.57. The SMILES string of the molecule is NC(C1CCCC1)C1C2CCc3ccccc3C21. The molecule has 4 atom stereocenters. The van der Waals surface area contributed by atoms with Crippen LogP contribution in [-0.4, -0.2) is 6.04 Å². The first-order chi connectivity index (χ1) is 8.86. The second kappa shape index (κ2) is 4.09. The Bertz CT molecular complexity index is 447. The highest BCUT2D eigenvalue weighted by molar-refractivity contribution is 5.40. The van der Waals surface area contributed by atoms with Crippen LogP contribution in [-0.2, 0) is 6.42 Å². The largest absolute Gasteiger partial charge is 0.327 e. The lowest BCUT2D eigenvalue weighted by atomic mass is 9.91. The Kier molecular flexibility index (Phi) is 2.51. The van der Waals surface area contributed by atoms with Crippen LogP contribution < -0.4 is 5.73 Å². The molecule has 1 aromatic rings. The van der Waals surface area contributed by atoms with Crippen molar-refractivity contribution in [2.24, 2.45) is 23.5 Å². The second-order valence-corrected chi connectivity index (χ2v) is 6.63. The molecular formula is C17H23N. The molecule has 2 saturated carbocycles. The quantitative estimate of drug-likeness (QED) is 0.843. The molecule has 1 aromatic carbocycles. The van der Waals surface area contributed by atoms with Gasteiger partial charge >= 0.3 is 0 Å². The van der Waals surface area contributed by atoms with Gasteiger partial charge in [-0.3, -0.25) is 0 Å². The zero-order valence-corrected chi connectivity index (χ0v) is 11.0. The third-order valence-corrected chi connectivity index (χ3v) is 5.78. The molecule has 0 aromatic heterocycles. The molecule has 96 valence electrons. The van der Waals surface area contributed by atoms with Gasteiger partial charge in [0.1, 0.15) is 0 Å². The predicted octanol–water partition coefficient (Wildman–Crippen LogP) is 3.48. The number of aryl methyl sites for hydroxylation is 1. The third kappa shape index (κ3) is 1.56. The van der Waals surface area contributed by atoms with Crippen molar-refractivity contribution in [1.82, 2.24) is 0 Å². The van der Waals surface area contributed by atoms with Gasteiger partial charge in [0, 0.05) is 6.04 Å². The van der Waals surface area contributed by atoms with Gasteiger partial charge < -0.3 is 5.73 Å². The lowest BCUT2D eigenvalue weighted by molar-refractivity contribution is 0.375. The summed E-state index contributed by atoms with van der Waals surface area (Å²) in [5.74, 6) is 3.35. The number of rotatable bonds is 2. The molecule has 3 aliphatic carbocycles. The topological polar surface area (TPSA) is 26.0 Å². The van der Waals surface area contributed by atoms with Crippen LogP contribution in [0.3, 0.4) is 0 Å². The van der Waals surface area contributed by atoms with Gasteiger partial charge in [-0.15, -0.1) is 0 Å². The molecule has 2 N–H and O–H groups in total. The van der Waals surface area contributed by atoms with Crippen LogP contribution in [0.15, 0.2) is 24.3 Å². The molecule has 2 fully saturated rings. The van der Waals surface area contributed by atoms with E-state index in [2.05, 4.69) is 24.3 Å². The molecule has 1 heteroatoms. The average molecular weight is 241 g/mol. The summed E-state index contributed by atoms with van der Waals surface area (Å²) in [7, 11) is 0. The number of fused-ring (bicyclic) bond motifs is 3. The van der Waals surface area contributed by atoms with Gasteiger partial charge in [-0.1, -0.05) is 37.1 Å². The smallest absolute Gasteiger partial charge is 0.0104 e. The second-order valence-electron chi connectivity index (χ2n) is 6.63. The molecule has 0 saturated heterocycles. The minimum absolute atomic E-state index is 0.480. The van der Waals surface area contributed by atoms with Crippen LogP contribution in [0, 0.1) is 17.8 Å². The van der Waals surface area contributed by atoms with Crippen LogP contribution >= 0.6 is 0 Å². The van der Waals surface area contributed by atoms with E-state index in [0.29, 0.717) is 6.04 Å². The molecule has 18 heavy (non-hydrogen) atoms. The fourth-order valence-corrected chi connectivity index (χ4v) is 4.80. The van der Waals surface area contributed by atoms with Crippen LogP contribution in [0.5, 0.6) is 0 Å². The van der Waals surface area contributed by atoms with Crippen molar-refractivity contribution >= 4 is 0 Å². The molecule has 0 bridgehead atoms. The van der Waals surface area contributed by atoms with Crippen molar-refractivity contribution in [3.05, 3.63) is 35.4 Å². The maximum absolute atomic E-state index is 6.60. The van der Waals surface area contributed by atoms with E-state index < -0.39 is 0 Å². The Hall–Kier alpha value is -0.820. The summed E-state index contributed by atoms with van der Waals surface area (Å²) in [4.78, 5) is 0. The van der Waals surface area contributed by atoms with Crippen molar-refractivity contribution in [3.8, 4) is 0 Å². The highest BCUT2D eigenvalue weighted by Crippen LogP contribution is 2.62. The van der Waals surface area contributed by atoms with Gasteiger partial charge in [0.2, 0.25) is 0 Å². The number of benzene rings is 1. The first kappa shape index (κ1) is 11.0. The van der Waals surface area contributed by atoms with Gasteiger partial charge in [0.25, 0.3) is 0 Å². The fourth-order valence-electron chi connectivity index (χ4n) is 4.80. The van der Waals surface area contributed by atoms with E-state index in [9.17, 15) is 0 Å². The number of hydrogen-bond donors (Lipinski definition) is 1. The van der Waals surface area contributed by atoms with E-state index in [1.165, 1.54) is 38.5 Å². The fraction of sp³-hybridized carbons (Fsp3) is 0.647. The maximum Gasteiger partial charge on any atom is 0.0104 e. The van der Waals surface area contributed by atoms with Crippen LogP contribution in [0.4, 0.5) is 0 Å². The van der Waals surface area contributed by atoms with Crippen LogP contribution in [0.2, 0.25) is 0 Å². The van der Waals surface area contributed by atoms with Gasteiger partial charge in [0.05, 0.1) is 0 Å². The van der Waals surface area contributed by atoms with Gasteiger partial charge in [-0.25, -0.2) is 0 Å². The van der Waals surface area contributed by atoms with Crippen LogP contribution in [0.1, 0.15) is 49.1 Å². The van der Waals surface area contributed by atoms with Crippen molar-refractivity contribution in [1.29, 1.82) is 0 Å². The van der Waals surface area contributed by atoms with Crippen molar-refractivity contribution in [3.63, 3.8) is 0 Å². The van der Waals surface area contributed by atoms with E-state index in [1.54, 1.807) is 11.1 Å². The summed E-state index contributed by atoms with van der Waals surface area (Å²) >= 11 is 0. The summed E-state index contributed by atoms with van der Waals surface area (Å²) in [5.41, 5.74) is 9.83. The van der Waals surface area contributed by atoms with Gasteiger partial charge in [-0.05, 0) is 60.5 Å². The molecule has 4 unspecified atom stereocenters. The zero-order valence-electron chi connectivity index (χ0n) is 11.0. The third-order valence-electron chi connectivity index (χ3n) is 5.78. The van der Waals surface area contributed by atoms with Crippen molar-refractivity contribution in [2.75, 3.05) is 0 Å². The predicted molar refractivity (Wildman–Crippen MR) is 74.4 cm³/mol.